The number of aromatic hydroxyl groups is 2. The van der Waals surface area contributed by atoms with E-state index in [2.05, 4.69) is 10.6 Å². The van der Waals surface area contributed by atoms with Crippen molar-refractivity contribution >= 4 is 17.7 Å². The van der Waals surface area contributed by atoms with E-state index >= 15 is 0 Å². The highest BCUT2D eigenvalue weighted by atomic mass is 16.5. The Morgan fingerprint density at radius 1 is 0.829 bits per heavy atom. The van der Waals surface area contributed by atoms with Crippen molar-refractivity contribution in [1.82, 2.24) is 10.6 Å². The minimum absolute atomic E-state index is 0.0554. The largest absolute Gasteiger partial charge is 0.508 e. The van der Waals surface area contributed by atoms with Gasteiger partial charge in [0.25, 0.3) is 5.91 Å². The number of hydrogen-bond acceptors (Lipinski definition) is 7. The smallest absolute Gasteiger partial charge is 0.343 e. The third-order valence-corrected chi connectivity index (χ3v) is 5.54. The molecule has 3 aromatic carbocycles. The summed E-state index contributed by atoms with van der Waals surface area (Å²) in [5.74, 6) is -1.05. The van der Waals surface area contributed by atoms with Gasteiger partial charge in [0.1, 0.15) is 17.3 Å². The maximum atomic E-state index is 12.8. The second-order valence-corrected chi connectivity index (χ2v) is 8.00. The van der Waals surface area contributed by atoms with Crippen LogP contribution in [0, 0.1) is 0 Å². The van der Waals surface area contributed by atoms with Gasteiger partial charge >= 0.3 is 5.97 Å². The summed E-state index contributed by atoms with van der Waals surface area (Å²) in [4.78, 5) is 38.1. The van der Waals surface area contributed by atoms with Gasteiger partial charge in [0.15, 0.2) is 5.78 Å². The Morgan fingerprint density at radius 3 is 2.20 bits per heavy atom. The Labute approximate surface area is 201 Å². The molecule has 8 heteroatoms. The summed E-state index contributed by atoms with van der Waals surface area (Å²) >= 11 is 0. The normalized spacial score (nSPS) is 13.6. The summed E-state index contributed by atoms with van der Waals surface area (Å²) in [6.07, 6.45) is 1.17. The van der Waals surface area contributed by atoms with Crippen LogP contribution in [0.15, 0.2) is 84.3 Å². The van der Waals surface area contributed by atoms with Gasteiger partial charge < -0.3 is 25.6 Å². The van der Waals surface area contributed by atoms with Gasteiger partial charge in [0.05, 0.1) is 16.8 Å². The number of benzene rings is 3. The van der Waals surface area contributed by atoms with E-state index in [-0.39, 0.29) is 34.3 Å². The first-order valence-corrected chi connectivity index (χ1v) is 11.1. The Morgan fingerprint density at radius 2 is 1.49 bits per heavy atom. The topological polar surface area (TPSA) is 125 Å². The molecule has 0 aromatic heterocycles. The van der Waals surface area contributed by atoms with E-state index in [1.165, 1.54) is 60.7 Å². The van der Waals surface area contributed by atoms with E-state index in [4.69, 9.17) is 4.74 Å². The number of rotatable bonds is 6. The lowest BCUT2D eigenvalue weighted by Gasteiger charge is -2.14. The standard InChI is InChI=1S/C27H24N2O6/c30-20-13-11-18(12-14-20)26(33)29-22-16-28-15-3-6-24(22)35-27(34)19-9-7-17(8-10-19)25(32)21-4-1-2-5-23(21)31/h1-2,4-5,7-14,28,30-31H,3,6,15-16H2,(H,29,33). The van der Waals surface area contributed by atoms with Crippen LogP contribution in [0.25, 0.3) is 0 Å². The molecule has 1 heterocycles. The molecule has 4 N–H and O–H groups in total. The summed E-state index contributed by atoms with van der Waals surface area (Å²) in [6, 6.07) is 18.1. The predicted molar refractivity (Wildman–Crippen MR) is 128 cm³/mol. The van der Waals surface area contributed by atoms with Gasteiger partial charge in [-0.1, -0.05) is 24.3 Å². The molecule has 0 unspecified atom stereocenters. The summed E-state index contributed by atoms with van der Waals surface area (Å²) in [5.41, 5.74) is 1.55. The SMILES string of the molecule is O=C(NC1=C(OC(=O)c2ccc(C(=O)c3ccccc3O)cc2)CCCNC1)c1ccc(O)cc1. The molecule has 0 spiro atoms. The van der Waals surface area contributed by atoms with Crippen molar-refractivity contribution in [2.75, 3.05) is 13.1 Å². The van der Waals surface area contributed by atoms with E-state index in [0.717, 1.165) is 6.42 Å². The number of ketones is 1. The molecule has 1 aliphatic rings. The van der Waals surface area contributed by atoms with Gasteiger partial charge in [-0.15, -0.1) is 0 Å². The number of phenolic OH excluding ortho intramolecular Hbond substituents is 2. The molecular formula is C27H24N2O6. The van der Waals surface area contributed by atoms with E-state index in [0.29, 0.717) is 42.1 Å². The molecule has 0 saturated heterocycles. The van der Waals surface area contributed by atoms with Crippen LogP contribution in [-0.4, -0.2) is 41.0 Å². The molecule has 0 bridgehead atoms. The third-order valence-electron chi connectivity index (χ3n) is 5.54. The predicted octanol–water partition coefficient (Wildman–Crippen LogP) is 3.51. The number of ether oxygens (including phenoxy) is 1. The molecule has 0 fully saturated rings. The molecule has 178 valence electrons. The molecule has 0 atom stereocenters. The number of para-hydroxylation sites is 1. The second kappa shape index (κ2) is 10.7. The Balaban J connectivity index is 1.49. The summed E-state index contributed by atoms with van der Waals surface area (Å²) in [6.45, 7) is 1.02. The van der Waals surface area contributed by atoms with E-state index in [1.54, 1.807) is 12.1 Å². The van der Waals surface area contributed by atoms with Crippen molar-refractivity contribution < 1.29 is 29.3 Å². The molecule has 8 nitrogen and oxygen atoms in total. The lowest BCUT2D eigenvalue weighted by molar-refractivity contribution is 0.0605. The number of carbonyl (C=O) groups is 3. The highest BCUT2D eigenvalue weighted by Gasteiger charge is 2.20. The molecule has 4 rings (SSSR count). The summed E-state index contributed by atoms with van der Waals surface area (Å²) < 4.78 is 5.65. The zero-order valence-corrected chi connectivity index (χ0v) is 18.8. The van der Waals surface area contributed by atoms with E-state index in [1.807, 2.05) is 0 Å². The first kappa shape index (κ1) is 23.7. The van der Waals surface area contributed by atoms with Gasteiger partial charge in [0, 0.05) is 24.1 Å². The van der Waals surface area contributed by atoms with Crippen LogP contribution in [0.5, 0.6) is 11.5 Å². The van der Waals surface area contributed by atoms with Crippen molar-refractivity contribution in [3.63, 3.8) is 0 Å². The Bertz CT molecular complexity index is 1280. The van der Waals surface area contributed by atoms with Crippen LogP contribution in [0.4, 0.5) is 0 Å². The molecule has 1 amide bonds. The molecule has 35 heavy (non-hydrogen) atoms. The first-order valence-electron chi connectivity index (χ1n) is 11.1. The van der Waals surface area contributed by atoms with E-state index < -0.39 is 5.97 Å². The lowest BCUT2D eigenvalue weighted by atomic mass is 10.0. The van der Waals surface area contributed by atoms with Crippen LogP contribution in [-0.2, 0) is 4.74 Å². The zero-order valence-electron chi connectivity index (χ0n) is 18.8. The van der Waals surface area contributed by atoms with Crippen molar-refractivity contribution in [3.8, 4) is 11.5 Å². The first-order chi connectivity index (χ1) is 16.9. The molecule has 1 aliphatic heterocycles. The number of amides is 1. The van der Waals surface area contributed by atoms with Crippen molar-refractivity contribution in [3.05, 3.63) is 107 Å². The van der Waals surface area contributed by atoms with Gasteiger partial charge in [-0.05, 0) is 61.5 Å². The molecular weight excluding hydrogens is 448 g/mol. The molecule has 0 radical (unpaired) electrons. The maximum absolute atomic E-state index is 12.8. The molecule has 3 aromatic rings. The Hall–Kier alpha value is -4.43. The highest BCUT2D eigenvalue weighted by molar-refractivity contribution is 6.11. The van der Waals surface area contributed by atoms with Gasteiger partial charge in [-0.3, -0.25) is 9.59 Å². The van der Waals surface area contributed by atoms with Crippen LogP contribution >= 0.6 is 0 Å². The molecule has 0 aliphatic carbocycles. The minimum atomic E-state index is -0.611. The van der Waals surface area contributed by atoms with Gasteiger partial charge in [-0.25, -0.2) is 4.79 Å². The number of nitrogens with one attached hydrogen (secondary N) is 2. The van der Waals surface area contributed by atoms with Crippen LogP contribution in [0.1, 0.15) is 49.5 Å². The highest BCUT2D eigenvalue weighted by Crippen LogP contribution is 2.21. The number of hydrogen-bond donors (Lipinski definition) is 4. The summed E-state index contributed by atoms with van der Waals surface area (Å²) in [5, 5.41) is 25.3. The van der Waals surface area contributed by atoms with Crippen molar-refractivity contribution in [1.29, 1.82) is 0 Å². The second-order valence-electron chi connectivity index (χ2n) is 8.00. The average Bonchev–Trinajstić information content (AvgIpc) is 3.09. The third kappa shape index (κ3) is 5.74. The fourth-order valence-electron chi connectivity index (χ4n) is 3.64. The van der Waals surface area contributed by atoms with Gasteiger partial charge in [0.2, 0.25) is 0 Å². The van der Waals surface area contributed by atoms with Crippen molar-refractivity contribution in [2.24, 2.45) is 0 Å². The quantitative estimate of drug-likeness (QED) is 0.320. The number of carbonyl (C=O) groups excluding carboxylic acids is 3. The fourth-order valence-corrected chi connectivity index (χ4v) is 3.64. The van der Waals surface area contributed by atoms with Crippen LogP contribution < -0.4 is 10.6 Å². The maximum Gasteiger partial charge on any atom is 0.343 e. The van der Waals surface area contributed by atoms with Crippen LogP contribution in [0.2, 0.25) is 0 Å². The number of allylic oxidation sites excluding steroid dienone is 1. The number of esters is 1. The van der Waals surface area contributed by atoms with Crippen LogP contribution in [0.3, 0.4) is 0 Å². The summed E-state index contributed by atoms with van der Waals surface area (Å²) in [7, 11) is 0. The average molecular weight is 472 g/mol. The molecule has 0 saturated carbocycles. The Kier molecular flexibility index (Phi) is 7.23. The van der Waals surface area contributed by atoms with Gasteiger partial charge in [-0.2, -0.15) is 0 Å². The zero-order chi connectivity index (χ0) is 24.8. The fraction of sp³-hybridized carbons (Fsp3) is 0.148. The minimum Gasteiger partial charge on any atom is -0.508 e. The monoisotopic (exact) mass is 472 g/mol. The lowest BCUT2D eigenvalue weighted by Crippen LogP contribution is -2.30. The van der Waals surface area contributed by atoms with E-state index in [9.17, 15) is 24.6 Å². The van der Waals surface area contributed by atoms with Crippen molar-refractivity contribution in [2.45, 2.75) is 12.8 Å². The number of phenols is 2.